The van der Waals surface area contributed by atoms with Crippen molar-refractivity contribution in [2.75, 3.05) is 11.5 Å². The maximum absolute atomic E-state index is 12.4. The Bertz CT molecular complexity index is 601. The lowest BCUT2D eigenvalue weighted by molar-refractivity contribution is 0.103. The van der Waals surface area contributed by atoms with E-state index in [1.807, 2.05) is 24.3 Å². The summed E-state index contributed by atoms with van der Waals surface area (Å²) in [7, 11) is 0. The average molecular weight is 254 g/mol. The Morgan fingerprint density at radius 2 is 1.63 bits per heavy atom. The first-order valence-corrected chi connectivity index (χ1v) is 6.29. The molecule has 0 aliphatic rings. The summed E-state index contributed by atoms with van der Waals surface area (Å²) in [5, 5.41) is 0. The van der Waals surface area contributed by atoms with Gasteiger partial charge < -0.3 is 11.5 Å². The predicted molar refractivity (Wildman–Crippen MR) is 79.2 cm³/mol. The lowest BCUT2D eigenvalue weighted by Gasteiger charge is -2.09. The Kier molecular flexibility index (Phi) is 3.56. The van der Waals surface area contributed by atoms with Crippen LogP contribution in [0.2, 0.25) is 0 Å². The Morgan fingerprint density at radius 3 is 2.21 bits per heavy atom. The molecule has 0 unspecified atom stereocenters. The zero-order chi connectivity index (χ0) is 14.0. The largest absolute Gasteiger partial charge is 0.397 e. The predicted octanol–water partition coefficient (Wildman–Crippen LogP) is 3.21. The maximum atomic E-state index is 12.4. The van der Waals surface area contributed by atoms with Gasteiger partial charge >= 0.3 is 0 Å². The number of anilines is 2. The summed E-state index contributed by atoms with van der Waals surface area (Å²) in [6, 6.07) is 12.7. The molecule has 2 aromatic carbocycles. The summed E-state index contributed by atoms with van der Waals surface area (Å²) in [4.78, 5) is 12.4. The van der Waals surface area contributed by atoms with Gasteiger partial charge in [0, 0.05) is 11.1 Å². The molecule has 98 valence electrons. The van der Waals surface area contributed by atoms with Crippen molar-refractivity contribution in [3.8, 4) is 0 Å². The molecule has 0 saturated heterocycles. The molecule has 0 aliphatic carbocycles. The minimum absolute atomic E-state index is 0.0971. The van der Waals surface area contributed by atoms with Crippen LogP contribution in [0.4, 0.5) is 11.4 Å². The van der Waals surface area contributed by atoms with Gasteiger partial charge in [0.15, 0.2) is 5.78 Å². The third kappa shape index (κ3) is 2.60. The number of benzene rings is 2. The van der Waals surface area contributed by atoms with Gasteiger partial charge in [-0.05, 0) is 23.6 Å². The van der Waals surface area contributed by atoms with Crippen LogP contribution in [-0.4, -0.2) is 5.78 Å². The first-order chi connectivity index (χ1) is 9.00. The van der Waals surface area contributed by atoms with Crippen molar-refractivity contribution in [2.24, 2.45) is 0 Å². The summed E-state index contributed by atoms with van der Waals surface area (Å²) in [6.45, 7) is 4.24. The van der Waals surface area contributed by atoms with Crippen LogP contribution in [0.15, 0.2) is 42.5 Å². The zero-order valence-electron chi connectivity index (χ0n) is 11.2. The highest BCUT2D eigenvalue weighted by molar-refractivity contribution is 6.13. The molecule has 19 heavy (non-hydrogen) atoms. The molecule has 0 atom stereocenters. The van der Waals surface area contributed by atoms with Gasteiger partial charge in [-0.25, -0.2) is 0 Å². The third-order valence-corrected chi connectivity index (χ3v) is 3.22. The van der Waals surface area contributed by atoms with Crippen LogP contribution in [0.25, 0.3) is 0 Å². The number of ketones is 1. The van der Waals surface area contributed by atoms with E-state index in [9.17, 15) is 4.79 Å². The average Bonchev–Trinajstić information content (AvgIpc) is 2.41. The van der Waals surface area contributed by atoms with Gasteiger partial charge in [-0.3, -0.25) is 4.79 Å². The van der Waals surface area contributed by atoms with Crippen LogP contribution in [0, 0.1) is 0 Å². The Labute approximate surface area is 113 Å². The van der Waals surface area contributed by atoms with Crippen molar-refractivity contribution >= 4 is 17.2 Å². The van der Waals surface area contributed by atoms with Crippen LogP contribution in [0.5, 0.6) is 0 Å². The molecule has 0 fully saturated rings. The van der Waals surface area contributed by atoms with Gasteiger partial charge in [0.2, 0.25) is 0 Å². The van der Waals surface area contributed by atoms with E-state index >= 15 is 0 Å². The van der Waals surface area contributed by atoms with E-state index in [0.717, 1.165) is 0 Å². The topological polar surface area (TPSA) is 69.1 Å². The second-order valence-electron chi connectivity index (χ2n) is 4.91. The Balaban J connectivity index is 2.36. The van der Waals surface area contributed by atoms with Gasteiger partial charge in [0.1, 0.15) is 0 Å². The van der Waals surface area contributed by atoms with Crippen molar-refractivity contribution in [1.82, 2.24) is 0 Å². The van der Waals surface area contributed by atoms with Gasteiger partial charge in [-0.1, -0.05) is 44.2 Å². The number of nitrogen functional groups attached to an aromatic ring is 2. The minimum Gasteiger partial charge on any atom is -0.397 e. The SMILES string of the molecule is CC(C)c1ccc(C(=O)c2cccc(N)c2N)cc1. The van der Waals surface area contributed by atoms with Crippen molar-refractivity contribution in [3.05, 3.63) is 59.2 Å². The monoisotopic (exact) mass is 254 g/mol. The number of hydrogen-bond acceptors (Lipinski definition) is 3. The summed E-state index contributed by atoms with van der Waals surface area (Å²) >= 11 is 0. The van der Waals surface area contributed by atoms with Crippen LogP contribution in [0.3, 0.4) is 0 Å². The molecule has 0 bridgehead atoms. The summed E-state index contributed by atoms with van der Waals surface area (Å²) in [6.07, 6.45) is 0. The highest BCUT2D eigenvalue weighted by atomic mass is 16.1. The normalized spacial score (nSPS) is 10.7. The summed E-state index contributed by atoms with van der Waals surface area (Å²) in [5.74, 6) is 0.349. The molecule has 3 nitrogen and oxygen atoms in total. The highest BCUT2D eigenvalue weighted by Crippen LogP contribution is 2.23. The van der Waals surface area contributed by atoms with Crippen LogP contribution < -0.4 is 11.5 Å². The number of para-hydroxylation sites is 1. The quantitative estimate of drug-likeness (QED) is 0.652. The molecule has 0 aromatic heterocycles. The van der Waals surface area contributed by atoms with Crippen LogP contribution in [-0.2, 0) is 0 Å². The molecule has 0 heterocycles. The van der Waals surface area contributed by atoms with E-state index in [1.54, 1.807) is 18.2 Å². The molecular weight excluding hydrogens is 236 g/mol. The van der Waals surface area contributed by atoms with E-state index in [-0.39, 0.29) is 5.78 Å². The second kappa shape index (κ2) is 5.14. The number of carbonyl (C=O) groups is 1. The number of carbonyl (C=O) groups excluding carboxylic acids is 1. The third-order valence-electron chi connectivity index (χ3n) is 3.22. The fraction of sp³-hybridized carbons (Fsp3) is 0.188. The molecule has 0 saturated carbocycles. The molecule has 0 radical (unpaired) electrons. The van der Waals surface area contributed by atoms with Crippen molar-refractivity contribution in [2.45, 2.75) is 19.8 Å². The lowest BCUT2D eigenvalue weighted by atomic mass is 9.97. The fourth-order valence-corrected chi connectivity index (χ4v) is 1.96. The Hall–Kier alpha value is -2.29. The van der Waals surface area contributed by atoms with Crippen molar-refractivity contribution < 1.29 is 4.79 Å². The standard InChI is InChI=1S/C16H18N2O/c1-10(2)11-6-8-12(9-7-11)16(19)13-4-3-5-14(17)15(13)18/h3-10H,17-18H2,1-2H3. The highest BCUT2D eigenvalue weighted by Gasteiger charge is 2.13. The van der Waals surface area contributed by atoms with Crippen LogP contribution >= 0.6 is 0 Å². The van der Waals surface area contributed by atoms with Gasteiger partial charge in [0.05, 0.1) is 11.4 Å². The number of rotatable bonds is 3. The van der Waals surface area contributed by atoms with Crippen LogP contribution in [0.1, 0.15) is 41.3 Å². The van der Waals surface area contributed by atoms with Gasteiger partial charge in [0.25, 0.3) is 0 Å². The summed E-state index contributed by atoms with van der Waals surface area (Å²) in [5.41, 5.74) is 14.6. The van der Waals surface area contributed by atoms with E-state index in [2.05, 4.69) is 13.8 Å². The number of nitrogens with two attached hydrogens (primary N) is 2. The molecule has 2 aromatic rings. The van der Waals surface area contributed by atoms with E-state index in [4.69, 9.17) is 11.5 Å². The van der Waals surface area contributed by atoms with Gasteiger partial charge in [-0.15, -0.1) is 0 Å². The first-order valence-electron chi connectivity index (χ1n) is 6.29. The lowest BCUT2D eigenvalue weighted by Crippen LogP contribution is -2.07. The fourth-order valence-electron chi connectivity index (χ4n) is 1.96. The maximum Gasteiger partial charge on any atom is 0.195 e. The van der Waals surface area contributed by atoms with Gasteiger partial charge in [-0.2, -0.15) is 0 Å². The molecule has 3 heteroatoms. The van der Waals surface area contributed by atoms with Crippen molar-refractivity contribution in [1.29, 1.82) is 0 Å². The molecule has 4 N–H and O–H groups in total. The van der Waals surface area contributed by atoms with Crippen molar-refractivity contribution in [3.63, 3.8) is 0 Å². The first kappa shape index (κ1) is 13.1. The molecular formula is C16H18N2O. The molecule has 0 spiro atoms. The summed E-state index contributed by atoms with van der Waals surface area (Å²) < 4.78 is 0. The minimum atomic E-state index is -0.0971. The molecule has 0 aliphatic heterocycles. The smallest absolute Gasteiger partial charge is 0.195 e. The second-order valence-corrected chi connectivity index (χ2v) is 4.91. The van der Waals surface area contributed by atoms with E-state index in [1.165, 1.54) is 5.56 Å². The Morgan fingerprint density at radius 1 is 1.00 bits per heavy atom. The van der Waals surface area contributed by atoms with E-state index in [0.29, 0.717) is 28.4 Å². The zero-order valence-corrected chi connectivity index (χ0v) is 11.2. The molecule has 0 amide bonds. The van der Waals surface area contributed by atoms with E-state index < -0.39 is 0 Å². The number of hydrogen-bond donors (Lipinski definition) is 2. The molecule has 2 rings (SSSR count).